The first kappa shape index (κ1) is 23.1. The van der Waals surface area contributed by atoms with Gasteiger partial charge in [-0.15, -0.1) is 0 Å². The molecule has 7 heteroatoms. The van der Waals surface area contributed by atoms with Crippen LogP contribution >= 0.6 is 0 Å². The Bertz CT molecular complexity index is 914. The molecule has 3 rings (SSSR count). The molecule has 0 radical (unpaired) electrons. The SMILES string of the molecule is CC(C)c1ccc(S(=O)Nc2ccccc2N2CCN(C(=O)OC(C)(C)C)CC2)cc1. The Hall–Kier alpha value is -2.54. The number of benzene rings is 2. The van der Waals surface area contributed by atoms with Crippen LogP contribution in [0, 0.1) is 0 Å². The first-order chi connectivity index (χ1) is 14.6. The minimum atomic E-state index is -1.36. The molecule has 6 nitrogen and oxygen atoms in total. The molecule has 1 heterocycles. The summed E-state index contributed by atoms with van der Waals surface area (Å²) in [4.78, 5) is 17.0. The van der Waals surface area contributed by atoms with Crippen LogP contribution in [0.1, 0.15) is 46.1 Å². The van der Waals surface area contributed by atoms with Crippen molar-refractivity contribution in [1.82, 2.24) is 4.90 Å². The highest BCUT2D eigenvalue weighted by atomic mass is 32.2. The average molecular weight is 444 g/mol. The van der Waals surface area contributed by atoms with Crippen molar-refractivity contribution in [3.63, 3.8) is 0 Å². The van der Waals surface area contributed by atoms with E-state index in [1.165, 1.54) is 5.56 Å². The van der Waals surface area contributed by atoms with Gasteiger partial charge in [-0.05, 0) is 56.5 Å². The van der Waals surface area contributed by atoms with Crippen LogP contribution in [-0.4, -0.2) is 47.0 Å². The fourth-order valence-electron chi connectivity index (χ4n) is 3.43. The molecule has 0 saturated carbocycles. The smallest absolute Gasteiger partial charge is 0.410 e. The molecule has 0 aromatic heterocycles. The molecule has 1 atom stereocenters. The monoisotopic (exact) mass is 443 g/mol. The Morgan fingerprint density at radius 1 is 1.00 bits per heavy atom. The van der Waals surface area contributed by atoms with Crippen LogP contribution in [-0.2, 0) is 15.7 Å². The zero-order valence-electron chi connectivity index (χ0n) is 19.1. The molecule has 0 aliphatic carbocycles. The highest BCUT2D eigenvalue weighted by molar-refractivity contribution is 7.86. The number of hydrogen-bond acceptors (Lipinski definition) is 4. The van der Waals surface area contributed by atoms with Crippen molar-refractivity contribution in [3.05, 3.63) is 54.1 Å². The molecule has 1 aliphatic heterocycles. The number of carbonyl (C=O) groups excluding carboxylic acids is 1. The molecule has 31 heavy (non-hydrogen) atoms. The van der Waals surface area contributed by atoms with E-state index in [2.05, 4.69) is 23.5 Å². The van der Waals surface area contributed by atoms with Gasteiger partial charge in [-0.25, -0.2) is 9.00 Å². The van der Waals surface area contributed by atoms with Crippen LogP contribution in [0.25, 0.3) is 0 Å². The summed E-state index contributed by atoms with van der Waals surface area (Å²) >= 11 is 0. The zero-order chi connectivity index (χ0) is 22.6. The molecule has 1 saturated heterocycles. The van der Waals surface area contributed by atoms with Crippen LogP contribution < -0.4 is 9.62 Å². The molecule has 1 fully saturated rings. The quantitative estimate of drug-likeness (QED) is 0.706. The minimum absolute atomic E-state index is 0.274. The molecule has 1 unspecified atom stereocenters. The van der Waals surface area contributed by atoms with Crippen molar-refractivity contribution in [3.8, 4) is 0 Å². The fraction of sp³-hybridized carbons (Fsp3) is 0.458. The number of hydrogen-bond donors (Lipinski definition) is 1. The van der Waals surface area contributed by atoms with Crippen molar-refractivity contribution in [2.45, 2.75) is 51.0 Å². The van der Waals surface area contributed by atoms with Crippen molar-refractivity contribution >= 4 is 28.5 Å². The van der Waals surface area contributed by atoms with E-state index >= 15 is 0 Å². The first-order valence-electron chi connectivity index (χ1n) is 10.7. The van der Waals surface area contributed by atoms with Crippen LogP contribution in [0.15, 0.2) is 53.4 Å². The second-order valence-corrected chi connectivity index (χ2v) is 10.3. The van der Waals surface area contributed by atoms with Gasteiger partial charge >= 0.3 is 6.09 Å². The van der Waals surface area contributed by atoms with Crippen LogP contribution in [0.2, 0.25) is 0 Å². The Kier molecular flexibility index (Phi) is 7.26. The summed E-state index contributed by atoms with van der Waals surface area (Å²) in [5.41, 5.74) is 2.53. The van der Waals surface area contributed by atoms with Crippen molar-refractivity contribution in [1.29, 1.82) is 0 Å². The van der Waals surface area contributed by atoms with Crippen LogP contribution in [0.5, 0.6) is 0 Å². The number of para-hydroxylation sites is 2. The summed E-state index contributed by atoms with van der Waals surface area (Å²) in [6.45, 7) is 12.5. The van der Waals surface area contributed by atoms with Gasteiger partial charge in [-0.3, -0.25) is 4.72 Å². The van der Waals surface area contributed by atoms with E-state index in [0.29, 0.717) is 32.1 Å². The number of ether oxygens (including phenoxy) is 1. The lowest BCUT2D eigenvalue weighted by Gasteiger charge is -2.37. The lowest BCUT2D eigenvalue weighted by atomic mass is 10.0. The Labute approximate surface area is 188 Å². The van der Waals surface area contributed by atoms with Gasteiger partial charge in [0.1, 0.15) is 16.6 Å². The summed E-state index contributed by atoms with van der Waals surface area (Å²) in [7, 11) is -1.36. The Morgan fingerprint density at radius 3 is 2.19 bits per heavy atom. The van der Waals surface area contributed by atoms with Gasteiger partial charge in [-0.2, -0.15) is 0 Å². The number of nitrogens with zero attached hydrogens (tertiary/aromatic N) is 2. The highest BCUT2D eigenvalue weighted by Crippen LogP contribution is 2.28. The van der Waals surface area contributed by atoms with Gasteiger partial charge < -0.3 is 14.5 Å². The number of nitrogens with one attached hydrogen (secondary N) is 1. The van der Waals surface area contributed by atoms with E-state index in [0.717, 1.165) is 16.3 Å². The van der Waals surface area contributed by atoms with Gasteiger partial charge in [-0.1, -0.05) is 38.1 Å². The maximum atomic E-state index is 12.9. The minimum Gasteiger partial charge on any atom is -0.444 e. The number of piperazine rings is 1. The largest absolute Gasteiger partial charge is 0.444 e. The number of rotatable bonds is 5. The molecular weight excluding hydrogens is 410 g/mol. The molecular formula is C24H33N3O3S. The standard InChI is InChI=1S/C24H33N3O3S/c1-18(2)19-10-12-20(13-11-19)31(29)25-21-8-6-7-9-22(21)26-14-16-27(17-15-26)23(28)30-24(3,4)5/h6-13,18,25H,14-17H2,1-5H3. The zero-order valence-corrected chi connectivity index (χ0v) is 19.9. The van der Waals surface area contributed by atoms with Crippen molar-refractivity contribution in [2.24, 2.45) is 0 Å². The number of amides is 1. The van der Waals surface area contributed by atoms with Crippen molar-refractivity contribution < 1.29 is 13.7 Å². The number of carbonyl (C=O) groups is 1. The molecule has 0 bridgehead atoms. The van der Waals surface area contributed by atoms with E-state index in [4.69, 9.17) is 4.74 Å². The molecule has 1 N–H and O–H groups in total. The van der Waals surface area contributed by atoms with Crippen LogP contribution in [0.3, 0.4) is 0 Å². The topological polar surface area (TPSA) is 61.9 Å². The molecule has 1 amide bonds. The van der Waals surface area contributed by atoms with Gasteiger partial charge in [0, 0.05) is 26.2 Å². The third-order valence-electron chi connectivity index (χ3n) is 5.14. The molecule has 2 aromatic rings. The summed E-state index contributed by atoms with van der Waals surface area (Å²) in [5.74, 6) is 0.440. The van der Waals surface area contributed by atoms with Crippen LogP contribution in [0.4, 0.5) is 16.2 Å². The summed E-state index contributed by atoms with van der Waals surface area (Å²) in [6.07, 6.45) is -0.274. The average Bonchev–Trinajstić information content (AvgIpc) is 2.73. The van der Waals surface area contributed by atoms with Gasteiger partial charge in [0.15, 0.2) is 0 Å². The summed E-state index contributed by atoms with van der Waals surface area (Å²) in [5, 5.41) is 0. The first-order valence-corrected chi connectivity index (χ1v) is 11.9. The van der Waals surface area contributed by atoms with E-state index in [1.807, 2.05) is 69.3 Å². The normalized spacial score (nSPS) is 15.7. The van der Waals surface area contributed by atoms with Gasteiger partial charge in [0.05, 0.1) is 16.3 Å². The third-order valence-corrected chi connectivity index (χ3v) is 6.25. The Morgan fingerprint density at radius 2 is 1.61 bits per heavy atom. The lowest BCUT2D eigenvalue weighted by molar-refractivity contribution is 0.0240. The second kappa shape index (κ2) is 9.73. The molecule has 168 valence electrons. The summed E-state index contributed by atoms with van der Waals surface area (Å²) < 4.78 is 21.6. The lowest BCUT2D eigenvalue weighted by Crippen LogP contribution is -2.50. The predicted octanol–water partition coefficient (Wildman–Crippen LogP) is 5.00. The van der Waals surface area contributed by atoms with Gasteiger partial charge in [0.2, 0.25) is 0 Å². The predicted molar refractivity (Wildman–Crippen MR) is 127 cm³/mol. The highest BCUT2D eigenvalue weighted by Gasteiger charge is 2.26. The Balaban J connectivity index is 1.66. The van der Waals surface area contributed by atoms with E-state index in [9.17, 15) is 9.00 Å². The molecule has 1 aliphatic rings. The van der Waals surface area contributed by atoms with E-state index in [1.54, 1.807) is 4.90 Å². The molecule has 0 spiro atoms. The fourth-order valence-corrected chi connectivity index (χ4v) is 4.30. The number of anilines is 2. The second-order valence-electron chi connectivity index (χ2n) is 9.07. The summed E-state index contributed by atoms with van der Waals surface area (Å²) in [6, 6.07) is 15.8. The maximum Gasteiger partial charge on any atom is 0.410 e. The van der Waals surface area contributed by atoms with E-state index < -0.39 is 16.6 Å². The van der Waals surface area contributed by atoms with E-state index in [-0.39, 0.29) is 6.09 Å². The third kappa shape index (κ3) is 6.23. The molecule has 2 aromatic carbocycles. The maximum absolute atomic E-state index is 12.9. The van der Waals surface area contributed by atoms with Crippen molar-refractivity contribution in [2.75, 3.05) is 35.8 Å². The van der Waals surface area contributed by atoms with Gasteiger partial charge in [0.25, 0.3) is 0 Å².